The molecule has 28 heavy (non-hydrogen) atoms. The minimum absolute atomic E-state index is 0.192. The van der Waals surface area contributed by atoms with Crippen molar-refractivity contribution in [3.63, 3.8) is 0 Å². The fourth-order valence-electron chi connectivity index (χ4n) is 2.38. The van der Waals surface area contributed by atoms with Crippen molar-refractivity contribution in [3.8, 4) is 5.69 Å². The first-order chi connectivity index (χ1) is 13.2. The van der Waals surface area contributed by atoms with E-state index in [9.17, 15) is 28.1 Å². The Bertz CT molecular complexity index is 1080. The third-order valence-corrected chi connectivity index (χ3v) is 3.99. The summed E-state index contributed by atoms with van der Waals surface area (Å²) in [7, 11) is 0. The summed E-state index contributed by atoms with van der Waals surface area (Å²) in [6.07, 6.45) is -4.95. The lowest BCUT2D eigenvalue weighted by molar-refractivity contribution is -0.384. The second-order valence-corrected chi connectivity index (χ2v) is 5.88. The molecule has 0 fully saturated rings. The molecule has 2 aromatic carbocycles. The Kier molecular flexibility index (Phi) is 5.06. The SMILES string of the molecule is O=c1c(Cl)c(C(F)(F)F)nc(Nc2ccc([N+](=O)[O-])cc2)n1-c1ccccc1. The predicted molar refractivity (Wildman–Crippen MR) is 96.2 cm³/mol. The molecular weight excluding hydrogens is 401 g/mol. The number of halogens is 4. The molecule has 0 spiro atoms. The Hall–Kier alpha value is -3.40. The number of alkyl halides is 3. The Morgan fingerprint density at radius 3 is 2.21 bits per heavy atom. The third kappa shape index (κ3) is 3.81. The highest BCUT2D eigenvalue weighted by molar-refractivity contribution is 6.31. The minimum Gasteiger partial charge on any atom is -0.325 e. The standard InChI is InChI=1S/C17H10ClF3N4O3/c18-13-14(17(19,20)21)23-16(22-10-6-8-12(9-7-10)25(27)28)24(15(13)26)11-4-2-1-3-5-11/h1-9H,(H,22,23). The van der Waals surface area contributed by atoms with Gasteiger partial charge < -0.3 is 5.32 Å². The summed E-state index contributed by atoms with van der Waals surface area (Å²) in [5, 5.41) is 12.3. The van der Waals surface area contributed by atoms with E-state index in [1.165, 1.54) is 24.3 Å². The van der Waals surface area contributed by atoms with Gasteiger partial charge in [0.1, 0.15) is 5.02 Å². The summed E-state index contributed by atoms with van der Waals surface area (Å²) in [4.78, 5) is 26.2. The maximum Gasteiger partial charge on any atom is 0.435 e. The number of nitrogens with one attached hydrogen (secondary N) is 1. The highest BCUT2D eigenvalue weighted by Crippen LogP contribution is 2.33. The van der Waals surface area contributed by atoms with Crippen LogP contribution in [0.15, 0.2) is 59.4 Å². The van der Waals surface area contributed by atoms with Gasteiger partial charge >= 0.3 is 6.18 Å². The summed E-state index contributed by atoms with van der Waals surface area (Å²) in [5.41, 5.74) is -2.42. The zero-order valence-corrected chi connectivity index (χ0v) is 14.5. The lowest BCUT2D eigenvalue weighted by atomic mass is 10.3. The van der Waals surface area contributed by atoms with E-state index in [1.54, 1.807) is 18.2 Å². The maximum atomic E-state index is 13.2. The van der Waals surface area contributed by atoms with Gasteiger partial charge in [-0.25, -0.2) is 9.55 Å². The number of para-hydroxylation sites is 1. The number of nitrogens with zero attached hydrogens (tertiary/aromatic N) is 3. The van der Waals surface area contributed by atoms with Crippen molar-refractivity contribution in [1.29, 1.82) is 0 Å². The number of benzene rings is 2. The van der Waals surface area contributed by atoms with Crippen LogP contribution in [-0.2, 0) is 6.18 Å². The topological polar surface area (TPSA) is 90.1 Å². The van der Waals surface area contributed by atoms with Crippen molar-refractivity contribution in [2.45, 2.75) is 6.18 Å². The number of hydrogen-bond donors (Lipinski definition) is 1. The fourth-order valence-corrected chi connectivity index (χ4v) is 2.62. The molecule has 0 aliphatic carbocycles. The molecule has 0 aliphatic rings. The van der Waals surface area contributed by atoms with Crippen LogP contribution in [0.25, 0.3) is 5.69 Å². The largest absolute Gasteiger partial charge is 0.435 e. The molecule has 11 heteroatoms. The van der Waals surface area contributed by atoms with Crippen LogP contribution in [0.5, 0.6) is 0 Å². The summed E-state index contributed by atoms with van der Waals surface area (Å²) >= 11 is 5.64. The molecular formula is C17H10ClF3N4O3. The molecule has 1 aromatic heterocycles. The third-order valence-electron chi connectivity index (χ3n) is 3.65. The molecule has 0 bridgehead atoms. The summed E-state index contributed by atoms with van der Waals surface area (Å²) in [5.74, 6) is -0.443. The molecule has 0 saturated heterocycles. The van der Waals surface area contributed by atoms with Crippen LogP contribution in [0, 0.1) is 10.1 Å². The first kappa shape index (κ1) is 19.4. The van der Waals surface area contributed by atoms with E-state index < -0.39 is 33.3 Å². The molecule has 0 amide bonds. The van der Waals surface area contributed by atoms with Gasteiger partial charge in [-0.05, 0) is 24.3 Å². The first-order valence-corrected chi connectivity index (χ1v) is 8.03. The van der Waals surface area contributed by atoms with Gasteiger partial charge in [-0.2, -0.15) is 13.2 Å². The van der Waals surface area contributed by atoms with Gasteiger partial charge in [0.05, 0.1) is 10.6 Å². The zero-order chi connectivity index (χ0) is 20.5. The number of nitro groups is 1. The van der Waals surface area contributed by atoms with Gasteiger partial charge in [-0.15, -0.1) is 0 Å². The monoisotopic (exact) mass is 410 g/mol. The highest BCUT2D eigenvalue weighted by atomic mass is 35.5. The number of hydrogen-bond acceptors (Lipinski definition) is 5. The highest BCUT2D eigenvalue weighted by Gasteiger charge is 2.38. The van der Waals surface area contributed by atoms with Gasteiger partial charge in [-0.3, -0.25) is 14.9 Å². The summed E-state index contributed by atoms with van der Waals surface area (Å²) < 4.78 is 40.6. The lowest BCUT2D eigenvalue weighted by Crippen LogP contribution is -2.27. The molecule has 0 saturated carbocycles. The smallest absolute Gasteiger partial charge is 0.325 e. The van der Waals surface area contributed by atoms with E-state index in [2.05, 4.69) is 10.3 Å². The maximum absolute atomic E-state index is 13.2. The van der Waals surface area contributed by atoms with Crippen molar-refractivity contribution in [2.24, 2.45) is 0 Å². The van der Waals surface area contributed by atoms with Crippen LogP contribution in [0.4, 0.5) is 30.5 Å². The number of non-ortho nitro benzene ring substituents is 1. The molecule has 7 nitrogen and oxygen atoms in total. The number of anilines is 2. The molecule has 0 unspecified atom stereocenters. The Labute approximate surface area is 160 Å². The molecule has 3 aromatic rings. The number of aromatic nitrogens is 2. The molecule has 0 radical (unpaired) electrons. The van der Waals surface area contributed by atoms with Crippen LogP contribution in [0.3, 0.4) is 0 Å². The van der Waals surface area contributed by atoms with Crippen LogP contribution in [0.1, 0.15) is 5.69 Å². The molecule has 0 aliphatic heterocycles. The van der Waals surface area contributed by atoms with Crippen molar-refractivity contribution < 1.29 is 18.1 Å². The first-order valence-electron chi connectivity index (χ1n) is 7.65. The molecule has 0 atom stereocenters. The second-order valence-electron chi connectivity index (χ2n) is 5.50. The van der Waals surface area contributed by atoms with E-state index in [0.717, 1.165) is 16.7 Å². The molecule has 144 valence electrons. The van der Waals surface area contributed by atoms with Crippen LogP contribution < -0.4 is 10.9 Å². The van der Waals surface area contributed by atoms with E-state index in [-0.39, 0.29) is 17.1 Å². The van der Waals surface area contributed by atoms with E-state index in [4.69, 9.17) is 11.6 Å². The van der Waals surface area contributed by atoms with Gasteiger partial charge in [0.2, 0.25) is 5.95 Å². The van der Waals surface area contributed by atoms with Gasteiger partial charge in [-0.1, -0.05) is 29.8 Å². The second kappa shape index (κ2) is 7.31. The quantitative estimate of drug-likeness (QED) is 0.503. The van der Waals surface area contributed by atoms with Crippen LogP contribution in [-0.4, -0.2) is 14.5 Å². The number of nitro benzene ring substituents is 1. The van der Waals surface area contributed by atoms with E-state index in [1.807, 2.05) is 0 Å². The van der Waals surface area contributed by atoms with Gasteiger partial charge in [0, 0.05) is 17.8 Å². The Balaban J connectivity index is 2.18. The van der Waals surface area contributed by atoms with Crippen molar-refractivity contribution in [3.05, 3.63) is 85.8 Å². The average Bonchev–Trinajstić information content (AvgIpc) is 2.65. The van der Waals surface area contributed by atoms with Crippen molar-refractivity contribution >= 4 is 28.9 Å². The van der Waals surface area contributed by atoms with Gasteiger partial charge in [0.25, 0.3) is 11.2 Å². The van der Waals surface area contributed by atoms with Crippen molar-refractivity contribution in [1.82, 2.24) is 9.55 Å². The molecule has 1 N–H and O–H groups in total. The van der Waals surface area contributed by atoms with Crippen LogP contribution >= 0.6 is 11.6 Å². The zero-order valence-electron chi connectivity index (χ0n) is 13.8. The lowest BCUT2D eigenvalue weighted by Gasteiger charge is -2.17. The average molecular weight is 411 g/mol. The normalized spacial score (nSPS) is 11.3. The van der Waals surface area contributed by atoms with Crippen LogP contribution in [0.2, 0.25) is 5.02 Å². The number of rotatable bonds is 4. The van der Waals surface area contributed by atoms with Gasteiger partial charge in [0.15, 0.2) is 5.69 Å². The van der Waals surface area contributed by atoms with E-state index >= 15 is 0 Å². The Morgan fingerprint density at radius 1 is 1.07 bits per heavy atom. The summed E-state index contributed by atoms with van der Waals surface area (Å²) in [6, 6.07) is 12.7. The fraction of sp³-hybridized carbons (Fsp3) is 0.0588. The predicted octanol–water partition coefficient (Wildman–Crippen LogP) is 4.56. The van der Waals surface area contributed by atoms with E-state index in [0.29, 0.717) is 0 Å². The molecule has 1 heterocycles. The van der Waals surface area contributed by atoms with Crippen molar-refractivity contribution in [2.75, 3.05) is 5.32 Å². The summed E-state index contributed by atoms with van der Waals surface area (Å²) in [6.45, 7) is 0. The Morgan fingerprint density at radius 2 is 1.68 bits per heavy atom. The molecule has 3 rings (SSSR count). The minimum atomic E-state index is -4.95.